The van der Waals surface area contributed by atoms with Gasteiger partial charge in [-0.3, -0.25) is 19.3 Å². The third kappa shape index (κ3) is 3.37. The predicted molar refractivity (Wildman–Crippen MR) is 132 cm³/mol. The molecule has 0 spiro atoms. The van der Waals surface area contributed by atoms with E-state index in [9.17, 15) is 39.9 Å². The number of fused-ring (bicyclic) bond motifs is 3. The maximum absolute atomic E-state index is 13.8. The smallest absolute Gasteiger partial charge is 0.255 e. The van der Waals surface area contributed by atoms with Crippen molar-refractivity contribution in [3.05, 3.63) is 45.4 Å². The first-order valence-corrected chi connectivity index (χ1v) is 11.5. The molecule has 0 saturated carbocycles. The van der Waals surface area contributed by atoms with E-state index in [2.05, 4.69) is 11.8 Å². The van der Waals surface area contributed by atoms with E-state index in [1.807, 2.05) is 0 Å². The number of ketones is 2. The van der Waals surface area contributed by atoms with E-state index in [4.69, 9.17) is 5.73 Å². The highest BCUT2D eigenvalue weighted by Crippen LogP contribution is 2.53. The number of aliphatic hydroxyl groups is 4. The lowest BCUT2D eigenvalue weighted by molar-refractivity contribution is -0.161. The number of aliphatic hydroxyl groups excluding tert-OH is 3. The van der Waals surface area contributed by atoms with Crippen LogP contribution in [0.1, 0.15) is 28.4 Å². The predicted octanol–water partition coefficient (Wildman–Crippen LogP) is -0.471. The molecule has 4 unspecified atom stereocenters. The number of hydrogen-bond acceptors (Lipinski definition) is 10. The summed E-state index contributed by atoms with van der Waals surface area (Å²) < 4.78 is 0. The van der Waals surface area contributed by atoms with E-state index >= 15 is 0 Å². The lowest BCUT2D eigenvalue weighted by atomic mass is 9.57. The van der Waals surface area contributed by atoms with Crippen LogP contribution in [0.25, 0.3) is 0 Å². The molecule has 0 radical (unpaired) electrons. The normalized spacial score (nSPS) is 28.9. The molecule has 7 N–H and O–H groups in total. The van der Waals surface area contributed by atoms with E-state index in [0.29, 0.717) is 11.3 Å². The van der Waals surface area contributed by atoms with E-state index < -0.39 is 75.5 Å². The molecular formula is C26H29N3O8. The molecule has 37 heavy (non-hydrogen) atoms. The molecule has 4 rings (SSSR count). The van der Waals surface area contributed by atoms with Crippen LogP contribution in [0.2, 0.25) is 0 Å². The number of nitrogens with two attached hydrogens (primary N) is 1. The molecule has 11 heteroatoms. The average Bonchev–Trinajstić information content (AvgIpc) is 2.80. The maximum atomic E-state index is 13.8. The molecular weight excluding hydrogens is 482 g/mol. The molecule has 3 aliphatic carbocycles. The van der Waals surface area contributed by atoms with Crippen molar-refractivity contribution in [2.24, 2.45) is 17.6 Å². The number of primary amides is 1. The Balaban J connectivity index is 2.06. The van der Waals surface area contributed by atoms with Crippen LogP contribution in [0.4, 0.5) is 5.69 Å². The average molecular weight is 512 g/mol. The molecule has 0 aromatic heterocycles. The van der Waals surface area contributed by atoms with Crippen LogP contribution in [0.5, 0.6) is 5.75 Å². The molecule has 0 aliphatic heterocycles. The summed E-state index contributed by atoms with van der Waals surface area (Å²) in [5.74, 6) is -3.15. The van der Waals surface area contributed by atoms with Crippen molar-refractivity contribution in [2.75, 3.05) is 33.1 Å². The monoisotopic (exact) mass is 511 g/mol. The zero-order chi connectivity index (χ0) is 27.7. The first-order valence-electron chi connectivity index (χ1n) is 11.5. The van der Waals surface area contributed by atoms with Gasteiger partial charge in [0.05, 0.1) is 29.2 Å². The van der Waals surface area contributed by atoms with Crippen molar-refractivity contribution in [1.29, 1.82) is 0 Å². The van der Waals surface area contributed by atoms with Crippen LogP contribution in [0, 0.1) is 23.7 Å². The van der Waals surface area contributed by atoms with Gasteiger partial charge in [-0.15, -0.1) is 5.92 Å². The van der Waals surface area contributed by atoms with Crippen molar-refractivity contribution in [3.8, 4) is 17.6 Å². The number of nitrogens with zero attached hydrogens (tertiary/aromatic N) is 2. The number of likely N-dealkylation sites (N-methyl/N-ethyl adjacent to an activating group) is 1. The van der Waals surface area contributed by atoms with E-state index in [1.54, 1.807) is 32.0 Å². The molecule has 196 valence electrons. The Hall–Kier alpha value is -3.85. The third-order valence-electron chi connectivity index (χ3n) is 7.52. The zero-order valence-electron chi connectivity index (χ0n) is 21.0. The second-order valence-corrected chi connectivity index (χ2v) is 9.96. The van der Waals surface area contributed by atoms with Crippen molar-refractivity contribution in [2.45, 2.75) is 31.1 Å². The van der Waals surface area contributed by atoms with Crippen molar-refractivity contribution in [1.82, 2.24) is 4.90 Å². The molecule has 0 fully saturated rings. The Labute approximate surface area is 213 Å². The number of benzene rings is 1. The minimum Gasteiger partial charge on any atom is -0.510 e. The van der Waals surface area contributed by atoms with Gasteiger partial charge in [0.15, 0.2) is 11.4 Å². The fourth-order valence-electron chi connectivity index (χ4n) is 5.94. The van der Waals surface area contributed by atoms with Gasteiger partial charge in [0.25, 0.3) is 5.91 Å². The summed E-state index contributed by atoms with van der Waals surface area (Å²) in [5.41, 5.74) is 1.92. The van der Waals surface area contributed by atoms with Gasteiger partial charge in [0.2, 0.25) is 5.78 Å². The highest BCUT2D eigenvalue weighted by atomic mass is 16.4. The number of Topliss-reactive ketones (excluding diaryl/α,β-unsaturated/α-hetero) is 2. The van der Waals surface area contributed by atoms with Crippen molar-refractivity contribution < 1.29 is 39.9 Å². The van der Waals surface area contributed by atoms with Crippen molar-refractivity contribution in [3.63, 3.8) is 0 Å². The summed E-state index contributed by atoms with van der Waals surface area (Å²) in [7, 11) is 6.43. The maximum Gasteiger partial charge on any atom is 0.255 e. The Morgan fingerprint density at radius 1 is 1.16 bits per heavy atom. The summed E-state index contributed by atoms with van der Waals surface area (Å²) in [6, 6.07) is 0.308. The number of hydrogen-bond donors (Lipinski definition) is 6. The molecule has 0 heterocycles. The Kier molecular flexibility index (Phi) is 6.11. The van der Waals surface area contributed by atoms with Crippen LogP contribution in [-0.2, 0) is 16.0 Å². The number of carbonyl (C=O) groups is 3. The van der Waals surface area contributed by atoms with Crippen LogP contribution in [-0.4, -0.2) is 93.8 Å². The molecule has 1 amide bonds. The van der Waals surface area contributed by atoms with E-state index in [0.717, 1.165) is 0 Å². The van der Waals surface area contributed by atoms with E-state index in [-0.39, 0.29) is 17.5 Å². The zero-order valence-corrected chi connectivity index (χ0v) is 21.0. The van der Waals surface area contributed by atoms with Gasteiger partial charge in [0.1, 0.15) is 22.8 Å². The molecule has 11 nitrogen and oxygen atoms in total. The molecule has 1 aromatic carbocycles. The molecule has 3 aliphatic rings. The van der Waals surface area contributed by atoms with Crippen LogP contribution < -0.4 is 10.6 Å². The van der Waals surface area contributed by atoms with Crippen molar-refractivity contribution >= 4 is 23.2 Å². The van der Waals surface area contributed by atoms with Crippen LogP contribution in [0.15, 0.2) is 28.7 Å². The quantitative estimate of drug-likeness (QED) is 0.229. The summed E-state index contributed by atoms with van der Waals surface area (Å²) in [6.45, 7) is 1.56. The fraction of sp³-hybridized carbons (Fsp3) is 0.423. The van der Waals surface area contributed by atoms with Gasteiger partial charge in [-0.05, 0) is 39.1 Å². The number of phenolic OH excluding ortho intramolecular Hbond substituents is 1. The Morgan fingerprint density at radius 3 is 2.30 bits per heavy atom. The highest BCUT2D eigenvalue weighted by Gasteiger charge is 2.66. The number of rotatable bonds is 3. The first-order chi connectivity index (χ1) is 17.2. The highest BCUT2D eigenvalue weighted by molar-refractivity contribution is 6.25. The second kappa shape index (κ2) is 8.62. The number of amides is 1. The Bertz CT molecular complexity index is 1380. The lowest BCUT2D eigenvalue weighted by Gasteiger charge is -2.52. The Morgan fingerprint density at radius 2 is 1.78 bits per heavy atom. The van der Waals surface area contributed by atoms with E-state index in [1.165, 1.54) is 19.0 Å². The molecule has 0 saturated heterocycles. The summed E-state index contributed by atoms with van der Waals surface area (Å²) in [6.07, 6.45) is -1.68. The van der Waals surface area contributed by atoms with Gasteiger partial charge < -0.3 is 36.2 Å². The number of anilines is 1. The summed E-state index contributed by atoms with van der Waals surface area (Å²) >= 11 is 0. The van der Waals surface area contributed by atoms with Crippen LogP contribution in [0.3, 0.4) is 0 Å². The summed E-state index contributed by atoms with van der Waals surface area (Å²) in [4.78, 5) is 42.4. The van der Waals surface area contributed by atoms with Gasteiger partial charge >= 0.3 is 0 Å². The van der Waals surface area contributed by atoms with Crippen LogP contribution >= 0.6 is 0 Å². The lowest BCUT2D eigenvalue weighted by Crippen LogP contribution is -2.68. The van der Waals surface area contributed by atoms with Gasteiger partial charge in [-0.25, -0.2) is 0 Å². The molecule has 0 bridgehead atoms. The minimum absolute atomic E-state index is 0.0450. The van der Waals surface area contributed by atoms with Gasteiger partial charge in [-0.1, -0.05) is 5.92 Å². The van der Waals surface area contributed by atoms with Gasteiger partial charge in [0, 0.05) is 31.3 Å². The summed E-state index contributed by atoms with van der Waals surface area (Å²) in [5, 5.41) is 56.3. The standard InChI is InChI=1S/C26H29N3O8/c1-6-7-10-8-13(28(2)3)11-9-12-15(21(32)14(11)19(10)30)23(34)26(37)17(20(12)31)18(29(4)5)22(33)16(24(26)35)25(27)36/h8,12,17-18,20,30-31,33-34,37H,9H2,1-5H3,(H2,27,36)/t12?,17?,18?,20?,26-/m0/s1. The number of aromatic hydroxyl groups is 1. The second-order valence-electron chi connectivity index (χ2n) is 9.96. The SMILES string of the molecule is CC#Cc1cc(N(C)C)c2c(c1O)C(=O)C1=C(O)[C@]3(O)C(=O)C(C(N)=O)=C(O)C(N(C)C)C3C(O)C1C2. The molecule has 5 atom stereocenters. The largest absolute Gasteiger partial charge is 0.510 e. The topological polar surface area (TPSA) is 185 Å². The minimum atomic E-state index is -2.94. The third-order valence-corrected chi connectivity index (χ3v) is 7.52. The number of phenols is 1. The molecule has 1 aromatic rings. The van der Waals surface area contributed by atoms with Gasteiger partial charge in [-0.2, -0.15) is 0 Å². The number of carbonyl (C=O) groups excluding carboxylic acids is 3. The fourth-order valence-corrected chi connectivity index (χ4v) is 5.94. The first kappa shape index (κ1) is 26.2.